The zero-order valence-corrected chi connectivity index (χ0v) is 12.1. The quantitative estimate of drug-likeness (QED) is 0.925. The summed E-state index contributed by atoms with van der Waals surface area (Å²) in [6.07, 6.45) is 6.34. The van der Waals surface area contributed by atoms with Crippen LogP contribution < -0.4 is 9.62 Å². The molecule has 0 aromatic carbocycles. The molecule has 1 aliphatic rings. The number of pyridine rings is 1. The maximum absolute atomic E-state index is 11.4. The topological polar surface area (TPSA) is 75.4 Å². The van der Waals surface area contributed by atoms with Gasteiger partial charge in [-0.3, -0.25) is 0 Å². The highest BCUT2D eigenvalue weighted by Crippen LogP contribution is 2.27. The first-order chi connectivity index (χ1) is 9.53. The SMILES string of the molecule is CS(=O)(=O)N[C@@H]1CCCN(c2nccc3occc23)C1. The van der Waals surface area contributed by atoms with Gasteiger partial charge in [0.15, 0.2) is 0 Å². The largest absolute Gasteiger partial charge is 0.464 e. The van der Waals surface area contributed by atoms with E-state index in [0.717, 1.165) is 36.2 Å². The molecule has 0 spiro atoms. The molecule has 20 heavy (non-hydrogen) atoms. The van der Waals surface area contributed by atoms with Crippen molar-refractivity contribution in [1.29, 1.82) is 0 Å². The van der Waals surface area contributed by atoms with Crippen molar-refractivity contribution in [2.24, 2.45) is 0 Å². The molecular weight excluding hydrogens is 278 g/mol. The number of anilines is 1. The van der Waals surface area contributed by atoms with Crippen molar-refractivity contribution in [3.63, 3.8) is 0 Å². The van der Waals surface area contributed by atoms with Crippen LogP contribution in [0.4, 0.5) is 5.82 Å². The molecule has 7 heteroatoms. The molecule has 3 heterocycles. The zero-order chi connectivity index (χ0) is 14.2. The van der Waals surface area contributed by atoms with E-state index >= 15 is 0 Å². The van der Waals surface area contributed by atoms with Gasteiger partial charge in [0.2, 0.25) is 10.0 Å². The Morgan fingerprint density at radius 1 is 1.45 bits per heavy atom. The van der Waals surface area contributed by atoms with Crippen LogP contribution in [0.15, 0.2) is 29.0 Å². The van der Waals surface area contributed by atoms with Gasteiger partial charge in [-0.25, -0.2) is 18.1 Å². The number of hydrogen-bond donors (Lipinski definition) is 1. The van der Waals surface area contributed by atoms with Gasteiger partial charge in [0.05, 0.1) is 17.9 Å². The molecule has 0 amide bonds. The van der Waals surface area contributed by atoms with Crippen LogP contribution >= 0.6 is 0 Å². The first-order valence-corrected chi connectivity index (χ1v) is 8.46. The molecule has 0 radical (unpaired) electrons. The highest BCUT2D eigenvalue weighted by molar-refractivity contribution is 7.88. The average Bonchev–Trinajstić information content (AvgIpc) is 2.85. The molecular formula is C13H17N3O3S. The van der Waals surface area contributed by atoms with Crippen molar-refractivity contribution < 1.29 is 12.8 Å². The van der Waals surface area contributed by atoms with Crippen molar-refractivity contribution in [1.82, 2.24) is 9.71 Å². The lowest BCUT2D eigenvalue weighted by Gasteiger charge is -2.33. The summed E-state index contributed by atoms with van der Waals surface area (Å²) in [6.45, 7) is 1.50. The number of nitrogens with one attached hydrogen (secondary N) is 1. The Bertz CT molecular complexity index is 710. The fourth-order valence-electron chi connectivity index (χ4n) is 2.70. The van der Waals surface area contributed by atoms with Gasteiger partial charge in [0.25, 0.3) is 0 Å². The van der Waals surface area contributed by atoms with Crippen LogP contribution in [0.1, 0.15) is 12.8 Å². The number of aromatic nitrogens is 1. The molecule has 0 aliphatic carbocycles. The summed E-state index contributed by atoms with van der Waals surface area (Å²) in [5.74, 6) is 0.858. The second-order valence-corrected chi connectivity index (χ2v) is 6.92. The van der Waals surface area contributed by atoms with Gasteiger partial charge < -0.3 is 9.32 Å². The van der Waals surface area contributed by atoms with Gasteiger partial charge in [-0.15, -0.1) is 0 Å². The van der Waals surface area contributed by atoms with E-state index in [1.54, 1.807) is 12.5 Å². The molecule has 0 bridgehead atoms. The average molecular weight is 295 g/mol. The monoisotopic (exact) mass is 295 g/mol. The normalized spacial score (nSPS) is 20.4. The summed E-state index contributed by atoms with van der Waals surface area (Å²) < 4.78 is 30.8. The van der Waals surface area contributed by atoms with Crippen LogP contribution in [0.3, 0.4) is 0 Å². The van der Waals surface area contributed by atoms with Crippen LogP contribution in [0.2, 0.25) is 0 Å². The Kier molecular flexibility index (Phi) is 3.39. The Hall–Kier alpha value is -1.60. The highest BCUT2D eigenvalue weighted by atomic mass is 32.2. The number of sulfonamides is 1. The summed E-state index contributed by atoms with van der Waals surface area (Å²) >= 11 is 0. The predicted octanol–water partition coefficient (Wildman–Crippen LogP) is 1.35. The molecule has 1 N–H and O–H groups in total. The van der Waals surface area contributed by atoms with Crippen LogP contribution in [0, 0.1) is 0 Å². The van der Waals surface area contributed by atoms with Gasteiger partial charge in [0, 0.05) is 25.3 Å². The summed E-state index contributed by atoms with van der Waals surface area (Å²) in [5.41, 5.74) is 0.799. The third-order valence-electron chi connectivity index (χ3n) is 3.46. The van der Waals surface area contributed by atoms with E-state index in [0.29, 0.717) is 6.54 Å². The van der Waals surface area contributed by atoms with Crippen LogP contribution in [0.5, 0.6) is 0 Å². The number of hydrogen-bond acceptors (Lipinski definition) is 5. The van der Waals surface area contributed by atoms with Gasteiger partial charge in [-0.05, 0) is 25.0 Å². The smallest absolute Gasteiger partial charge is 0.209 e. The fraction of sp³-hybridized carbons (Fsp3) is 0.462. The summed E-state index contributed by atoms with van der Waals surface area (Å²) in [4.78, 5) is 6.54. The lowest BCUT2D eigenvalue weighted by molar-refractivity contribution is 0.466. The van der Waals surface area contributed by atoms with Crippen LogP contribution in [0.25, 0.3) is 11.0 Å². The predicted molar refractivity (Wildman–Crippen MR) is 77.2 cm³/mol. The van der Waals surface area contributed by atoms with Crippen molar-refractivity contribution in [3.05, 3.63) is 24.6 Å². The molecule has 1 aliphatic heterocycles. The van der Waals surface area contributed by atoms with E-state index in [4.69, 9.17) is 4.42 Å². The van der Waals surface area contributed by atoms with Gasteiger partial charge in [0.1, 0.15) is 11.4 Å². The van der Waals surface area contributed by atoms with E-state index in [-0.39, 0.29) is 6.04 Å². The first-order valence-electron chi connectivity index (χ1n) is 6.57. The third-order valence-corrected chi connectivity index (χ3v) is 4.22. The summed E-state index contributed by atoms with van der Waals surface area (Å²) in [5, 5.41) is 0.965. The number of piperidine rings is 1. The van der Waals surface area contributed by atoms with Crippen LogP contribution in [-0.4, -0.2) is 38.8 Å². The minimum absolute atomic E-state index is 0.0669. The molecule has 0 saturated carbocycles. The minimum Gasteiger partial charge on any atom is -0.464 e. The molecule has 108 valence electrons. The second-order valence-electron chi connectivity index (χ2n) is 5.14. The van der Waals surface area contributed by atoms with E-state index in [1.807, 2.05) is 12.1 Å². The number of rotatable bonds is 3. The van der Waals surface area contributed by atoms with Crippen molar-refractivity contribution in [2.75, 3.05) is 24.2 Å². The van der Waals surface area contributed by atoms with Crippen molar-refractivity contribution in [2.45, 2.75) is 18.9 Å². The van der Waals surface area contributed by atoms with Gasteiger partial charge in [-0.2, -0.15) is 0 Å². The molecule has 2 aromatic heterocycles. The maximum Gasteiger partial charge on any atom is 0.209 e. The van der Waals surface area contributed by atoms with Crippen molar-refractivity contribution >= 4 is 26.8 Å². The van der Waals surface area contributed by atoms with Gasteiger partial charge >= 0.3 is 0 Å². The molecule has 6 nitrogen and oxygen atoms in total. The van der Waals surface area contributed by atoms with E-state index in [1.165, 1.54) is 6.26 Å². The van der Waals surface area contributed by atoms with Gasteiger partial charge in [-0.1, -0.05) is 0 Å². The zero-order valence-electron chi connectivity index (χ0n) is 11.2. The Labute approximate surface area is 117 Å². The maximum atomic E-state index is 11.4. The number of fused-ring (bicyclic) bond motifs is 1. The molecule has 3 rings (SSSR count). The standard InChI is InChI=1S/C13H17N3O3S/c1-20(17,18)15-10-3-2-7-16(9-10)13-11-5-8-19-12(11)4-6-14-13/h4-6,8,10,15H,2-3,7,9H2,1H3/t10-/m1/s1. The van der Waals surface area contributed by atoms with E-state index in [2.05, 4.69) is 14.6 Å². The number of nitrogens with zero attached hydrogens (tertiary/aromatic N) is 2. The fourth-order valence-corrected chi connectivity index (χ4v) is 3.50. The Balaban J connectivity index is 1.85. The second kappa shape index (κ2) is 5.06. The molecule has 1 fully saturated rings. The molecule has 0 unspecified atom stereocenters. The Morgan fingerprint density at radius 3 is 3.10 bits per heavy atom. The first kappa shape index (κ1) is 13.4. The molecule has 1 atom stereocenters. The van der Waals surface area contributed by atoms with E-state index < -0.39 is 10.0 Å². The highest BCUT2D eigenvalue weighted by Gasteiger charge is 2.24. The molecule has 2 aromatic rings. The third kappa shape index (κ3) is 2.78. The minimum atomic E-state index is -3.18. The Morgan fingerprint density at radius 2 is 2.30 bits per heavy atom. The lowest BCUT2D eigenvalue weighted by Crippen LogP contribution is -2.47. The summed E-state index contributed by atoms with van der Waals surface area (Å²) in [6, 6.07) is 3.66. The van der Waals surface area contributed by atoms with E-state index in [9.17, 15) is 8.42 Å². The lowest BCUT2D eigenvalue weighted by atomic mass is 10.1. The number of furan rings is 1. The molecule has 1 saturated heterocycles. The summed E-state index contributed by atoms with van der Waals surface area (Å²) in [7, 11) is -3.18. The van der Waals surface area contributed by atoms with Crippen molar-refractivity contribution in [3.8, 4) is 0 Å². The van der Waals surface area contributed by atoms with Crippen LogP contribution in [-0.2, 0) is 10.0 Å².